The summed E-state index contributed by atoms with van der Waals surface area (Å²) in [6.07, 6.45) is 11.8. The molecule has 2 aliphatic carbocycles. The minimum atomic E-state index is -0.330. The maximum atomic E-state index is 13.5. The molecule has 0 saturated heterocycles. The highest BCUT2D eigenvalue weighted by Gasteiger charge is 2.21. The smallest absolute Gasteiger partial charge is 0.151 e. The van der Waals surface area contributed by atoms with Crippen LogP contribution >= 0.6 is 0 Å². The summed E-state index contributed by atoms with van der Waals surface area (Å²) in [6.45, 7) is 1.82. The Kier molecular flexibility index (Phi) is 4.97. The first kappa shape index (κ1) is 18.6. The minimum Gasteiger partial charge on any atom is -0.456 e. The SMILES string of the molecule is Cc1cc(F)cc(Oc2ccc(C3=CC4C=C(/C(N)=N/NN)C=CC4=C3)nc2)c1. The lowest BCUT2D eigenvalue weighted by molar-refractivity contribution is 0.474. The molecule has 0 radical (unpaired) electrons. The quantitative estimate of drug-likeness (QED) is 0.315. The van der Waals surface area contributed by atoms with Crippen LogP contribution in [0.3, 0.4) is 0 Å². The van der Waals surface area contributed by atoms with Gasteiger partial charge >= 0.3 is 0 Å². The van der Waals surface area contributed by atoms with Gasteiger partial charge in [-0.2, -0.15) is 0 Å². The number of hydrazine groups is 1. The Morgan fingerprint density at radius 2 is 2.03 bits per heavy atom. The largest absolute Gasteiger partial charge is 0.456 e. The third kappa shape index (κ3) is 4.09. The average molecular weight is 389 g/mol. The molecule has 7 heteroatoms. The van der Waals surface area contributed by atoms with Crippen molar-refractivity contribution in [2.24, 2.45) is 22.6 Å². The lowest BCUT2D eigenvalue weighted by Gasteiger charge is -2.13. The summed E-state index contributed by atoms with van der Waals surface area (Å²) in [5.74, 6) is 6.28. The van der Waals surface area contributed by atoms with Crippen molar-refractivity contribution >= 4 is 11.4 Å². The van der Waals surface area contributed by atoms with E-state index in [0.29, 0.717) is 17.3 Å². The highest BCUT2D eigenvalue weighted by Crippen LogP contribution is 2.35. The topological polar surface area (TPSA) is 98.5 Å². The summed E-state index contributed by atoms with van der Waals surface area (Å²) < 4.78 is 19.2. The summed E-state index contributed by atoms with van der Waals surface area (Å²) in [5, 5.41) is 3.81. The molecule has 0 aliphatic heterocycles. The van der Waals surface area contributed by atoms with Crippen LogP contribution in [0.15, 0.2) is 83.2 Å². The van der Waals surface area contributed by atoms with Gasteiger partial charge in [-0.1, -0.05) is 24.3 Å². The van der Waals surface area contributed by atoms with Crippen LogP contribution in [0.1, 0.15) is 11.3 Å². The van der Waals surface area contributed by atoms with E-state index in [-0.39, 0.29) is 11.7 Å². The van der Waals surface area contributed by atoms with Crippen LogP contribution in [-0.4, -0.2) is 10.8 Å². The molecule has 4 rings (SSSR count). The summed E-state index contributed by atoms with van der Waals surface area (Å²) in [6, 6.07) is 8.27. The molecule has 0 saturated carbocycles. The number of rotatable bonds is 5. The van der Waals surface area contributed by atoms with Crippen molar-refractivity contribution < 1.29 is 9.13 Å². The number of aryl methyl sites for hydroxylation is 1. The minimum absolute atomic E-state index is 0.101. The lowest BCUT2D eigenvalue weighted by atomic mass is 9.93. The highest BCUT2D eigenvalue weighted by molar-refractivity contribution is 6.00. The lowest BCUT2D eigenvalue weighted by Crippen LogP contribution is -2.24. The zero-order valence-corrected chi connectivity index (χ0v) is 15.8. The van der Waals surface area contributed by atoms with Crippen molar-refractivity contribution in [3.05, 3.63) is 95.1 Å². The Balaban J connectivity index is 1.52. The van der Waals surface area contributed by atoms with Gasteiger partial charge in [0.2, 0.25) is 0 Å². The number of hydrogen-bond acceptors (Lipinski definition) is 5. The third-order valence-electron chi connectivity index (χ3n) is 4.64. The molecule has 1 heterocycles. The molecular weight excluding hydrogens is 369 g/mol. The van der Waals surface area contributed by atoms with E-state index in [1.54, 1.807) is 12.3 Å². The molecule has 5 N–H and O–H groups in total. The molecular formula is C22H20FN5O. The van der Waals surface area contributed by atoms with E-state index < -0.39 is 0 Å². The van der Waals surface area contributed by atoms with Crippen LogP contribution < -0.4 is 21.8 Å². The number of pyridine rings is 1. The fourth-order valence-corrected chi connectivity index (χ4v) is 3.33. The Morgan fingerprint density at radius 1 is 1.17 bits per heavy atom. The fourth-order valence-electron chi connectivity index (χ4n) is 3.33. The zero-order valence-electron chi connectivity index (χ0n) is 15.8. The van der Waals surface area contributed by atoms with Gasteiger partial charge in [0, 0.05) is 17.6 Å². The van der Waals surface area contributed by atoms with E-state index in [0.717, 1.165) is 28.0 Å². The fraction of sp³-hybridized carbons (Fsp3) is 0.0909. The molecule has 1 aromatic carbocycles. The van der Waals surface area contributed by atoms with Gasteiger partial charge in [0.1, 0.15) is 17.3 Å². The number of hydrogen-bond donors (Lipinski definition) is 3. The highest BCUT2D eigenvalue weighted by atomic mass is 19.1. The summed E-state index contributed by atoms with van der Waals surface area (Å²) in [7, 11) is 0. The number of nitrogens with two attached hydrogens (primary N) is 2. The molecule has 2 aliphatic rings. The number of nitrogens with zero attached hydrogens (tertiary/aromatic N) is 2. The van der Waals surface area contributed by atoms with Gasteiger partial charge in [0.15, 0.2) is 5.84 Å². The van der Waals surface area contributed by atoms with Gasteiger partial charge in [0.25, 0.3) is 0 Å². The molecule has 29 heavy (non-hydrogen) atoms. The molecule has 6 nitrogen and oxygen atoms in total. The van der Waals surface area contributed by atoms with E-state index in [4.69, 9.17) is 16.3 Å². The second kappa shape index (κ2) is 7.73. The second-order valence-electron chi connectivity index (χ2n) is 6.82. The second-order valence-corrected chi connectivity index (χ2v) is 6.82. The van der Waals surface area contributed by atoms with Crippen LogP contribution in [0, 0.1) is 18.7 Å². The Hall–Kier alpha value is -3.71. The first-order chi connectivity index (χ1) is 14.0. The van der Waals surface area contributed by atoms with Crippen LogP contribution in [0.4, 0.5) is 4.39 Å². The number of hydrazone groups is 1. The van der Waals surface area contributed by atoms with E-state index >= 15 is 0 Å². The number of allylic oxidation sites excluding steroid dienone is 6. The third-order valence-corrected chi connectivity index (χ3v) is 4.64. The monoisotopic (exact) mass is 389 g/mol. The van der Waals surface area contributed by atoms with E-state index in [2.05, 4.69) is 27.8 Å². The van der Waals surface area contributed by atoms with E-state index in [9.17, 15) is 4.39 Å². The van der Waals surface area contributed by atoms with Gasteiger partial charge in [0.05, 0.1) is 11.9 Å². The maximum absolute atomic E-state index is 13.5. The normalized spacial score (nSPS) is 18.0. The summed E-state index contributed by atoms with van der Waals surface area (Å²) in [5.41, 5.74) is 12.7. The first-order valence-corrected chi connectivity index (χ1v) is 9.06. The van der Waals surface area contributed by atoms with E-state index in [1.807, 2.05) is 37.3 Å². The molecule has 0 fully saturated rings. The summed E-state index contributed by atoms with van der Waals surface area (Å²) >= 11 is 0. The van der Waals surface area contributed by atoms with Crippen molar-refractivity contribution in [1.29, 1.82) is 0 Å². The van der Waals surface area contributed by atoms with Crippen molar-refractivity contribution in [2.75, 3.05) is 0 Å². The van der Waals surface area contributed by atoms with Crippen molar-refractivity contribution in [1.82, 2.24) is 10.5 Å². The summed E-state index contributed by atoms with van der Waals surface area (Å²) in [4.78, 5) is 4.49. The van der Waals surface area contributed by atoms with Gasteiger partial charge in [-0.25, -0.2) is 15.8 Å². The number of nitrogens with one attached hydrogen (secondary N) is 1. The Labute approximate surface area is 167 Å². The predicted octanol–water partition coefficient (Wildman–Crippen LogP) is 3.49. The number of benzene rings is 1. The van der Waals surface area contributed by atoms with Crippen LogP contribution in [0.25, 0.3) is 5.57 Å². The number of ether oxygens (including phenoxy) is 1. The molecule has 1 unspecified atom stereocenters. The van der Waals surface area contributed by atoms with E-state index in [1.165, 1.54) is 12.1 Å². The molecule has 1 aromatic heterocycles. The van der Waals surface area contributed by atoms with Gasteiger partial charge in [-0.05, 0) is 54.0 Å². The number of aromatic nitrogens is 1. The standard InChI is InChI=1S/C22H20FN5O/c1-13-6-18(23)11-20(7-13)29-19-4-5-21(26-12-19)17-8-14-2-3-15(9-16(14)10-17)22(24)27-28-25/h2-12,16,28H,25H2,1H3,(H2,24,27). The zero-order chi connectivity index (χ0) is 20.4. The average Bonchev–Trinajstić information content (AvgIpc) is 3.11. The van der Waals surface area contributed by atoms with Crippen molar-refractivity contribution in [3.63, 3.8) is 0 Å². The van der Waals surface area contributed by atoms with Crippen molar-refractivity contribution in [3.8, 4) is 11.5 Å². The van der Waals surface area contributed by atoms with Crippen LogP contribution in [0.2, 0.25) is 0 Å². The number of halogens is 1. The van der Waals surface area contributed by atoms with Crippen LogP contribution in [0.5, 0.6) is 11.5 Å². The molecule has 1 atom stereocenters. The maximum Gasteiger partial charge on any atom is 0.151 e. The van der Waals surface area contributed by atoms with Crippen molar-refractivity contribution in [2.45, 2.75) is 6.92 Å². The Bertz CT molecular complexity index is 1080. The molecule has 2 aromatic rings. The molecule has 0 spiro atoms. The number of amidine groups is 1. The number of fused-ring (bicyclic) bond motifs is 1. The van der Waals surface area contributed by atoms with Crippen LogP contribution in [-0.2, 0) is 0 Å². The molecule has 146 valence electrons. The van der Waals surface area contributed by atoms with Gasteiger partial charge in [-0.3, -0.25) is 4.98 Å². The Morgan fingerprint density at radius 3 is 2.76 bits per heavy atom. The molecule has 0 bridgehead atoms. The first-order valence-electron chi connectivity index (χ1n) is 9.06. The van der Waals surface area contributed by atoms with Gasteiger partial charge in [-0.15, -0.1) is 5.10 Å². The predicted molar refractivity (Wildman–Crippen MR) is 111 cm³/mol. The molecule has 0 amide bonds. The van der Waals surface area contributed by atoms with Gasteiger partial charge < -0.3 is 10.5 Å².